The van der Waals surface area contributed by atoms with Crippen molar-refractivity contribution in [2.45, 2.75) is 0 Å². The third kappa shape index (κ3) is 3.88. The van der Waals surface area contributed by atoms with E-state index in [1.165, 1.54) is 86.9 Å². The van der Waals surface area contributed by atoms with E-state index in [0.29, 0.717) is 0 Å². The number of hydrogen-bond donors (Lipinski definition) is 0. The molecule has 43 heavy (non-hydrogen) atoms. The van der Waals surface area contributed by atoms with Crippen molar-refractivity contribution >= 4 is 31.5 Å². The van der Waals surface area contributed by atoms with Gasteiger partial charge in [-0.15, -0.1) is 11.3 Å². The van der Waals surface area contributed by atoms with Crippen LogP contribution < -0.4 is 0 Å². The van der Waals surface area contributed by atoms with Crippen LogP contribution in [-0.4, -0.2) is 4.98 Å². The maximum Gasteiger partial charge on any atom is 0.0386 e. The molecule has 0 N–H and O–H groups in total. The number of thiophene rings is 1. The molecular formula is C41H25NS. The Hall–Kier alpha value is -5.31. The normalized spacial score (nSPS) is 11.7. The average molecular weight is 564 g/mol. The van der Waals surface area contributed by atoms with Crippen molar-refractivity contribution in [3.63, 3.8) is 0 Å². The van der Waals surface area contributed by atoms with Gasteiger partial charge in [0.25, 0.3) is 0 Å². The van der Waals surface area contributed by atoms with Gasteiger partial charge < -0.3 is 0 Å². The summed E-state index contributed by atoms with van der Waals surface area (Å²) in [5.41, 5.74) is 15.1. The Bertz CT molecular complexity index is 2340. The molecule has 1 aliphatic rings. The number of rotatable bonds is 2. The van der Waals surface area contributed by atoms with Gasteiger partial charge in [-0.25, -0.2) is 0 Å². The molecule has 1 nitrogen and oxygen atoms in total. The number of fused-ring (bicyclic) bond motifs is 11. The van der Waals surface area contributed by atoms with Crippen molar-refractivity contribution in [1.82, 2.24) is 4.98 Å². The predicted molar refractivity (Wildman–Crippen MR) is 183 cm³/mol. The van der Waals surface area contributed by atoms with Crippen molar-refractivity contribution < 1.29 is 0 Å². The van der Waals surface area contributed by atoms with Gasteiger partial charge in [0.15, 0.2) is 0 Å². The number of hydrogen-bond acceptors (Lipinski definition) is 2. The van der Waals surface area contributed by atoms with E-state index in [4.69, 9.17) is 0 Å². The quantitative estimate of drug-likeness (QED) is 0.204. The van der Waals surface area contributed by atoms with Crippen molar-refractivity contribution in [2.24, 2.45) is 0 Å². The van der Waals surface area contributed by atoms with Crippen molar-refractivity contribution in [2.75, 3.05) is 0 Å². The standard InChI is InChI=1S/C41H25NS/c1-2-8-31-30(7-1)32-9-3-4-11-34(32)36-19-17-28(23-37(36)35-12-6-5-10-33(31)35)26-13-15-27(16-14-26)29-18-20-40-38(24-29)39-25-42-22-21-41(39)43-40/h1-25H. The van der Waals surface area contributed by atoms with Crippen LogP contribution in [0.5, 0.6) is 0 Å². The van der Waals surface area contributed by atoms with E-state index in [0.717, 1.165) is 0 Å². The molecule has 2 heteroatoms. The lowest BCUT2D eigenvalue weighted by Crippen LogP contribution is -1.97. The van der Waals surface area contributed by atoms with Crippen LogP contribution in [0.4, 0.5) is 0 Å². The Morgan fingerprint density at radius 3 is 1.37 bits per heavy atom. The smallest absolute Gasteiger partial charge is 0.0386 e. The molecule has 2 heterocycles. The molecule has 8 aromatic rings. The van der Waals surface area contributed by atoms with Crippen LogP contribution >= 0.6 is 11.3 Å². The summed E-state index contributed by atoms with van der Waals surface area (Å²) in [6.07, 6.45) is 3.86. The summed E-state index contributed by atoms with van der Waals surface area (Å²) in [7, 11) is 0. The van der Waals surface area contributed by atoms with E-state index in [9.17, 15) is 0 Å². The number of aromatic nitrogens is 1. The van der Waals surface area contributed by atoms with E-state index >= 15 is 0 Å². The lowest BCUT2D eigenvalue weighted by molar-refractivity contribution is 1.37. The average Bonchev–Trinajstić information content (AvgIpc) is 3.46. The minimum atomic E-state index is 1.21. The van der Waals surface area contributed by atoms with Gasteiger partial charge in [-0.05, 0) is 91.0 Å². The minimum absolute atomic E-state index is 1.21. The maximum absolute atomic E-state index is 4.37. The highest BCUT2D eigenvalue weighted by atomic mass is 32.1. The van der Waals surface area contributed by atoms with E-state index in [-0.39, 0.29) is 0 Å². The van der Waals surface area contributed by atoms with Crippen molar-refractivity contribution in [1.29, 1.82) is 0 Å². The molecule has 0 bridgehead atoms. The second-order valence-corrected chi connectivity index (χ2v) is 12.2. The minimum Gasteiger partial charge on any atom is -0.264 e. The van der Waals surface area contributed by atoms with E-state index in [2.05, 4.69) is 145 Å². The van der Waals surface area contributed by atoms with Gasteiger partial charge in [0.2, 0.25) is 0 Å². The number of pyridine rings is 1. The summed E-state index contributed by atoms with van der Waals surface area (Å²) in [4.78, 5) is 4.37. The first kappa shape index (κ1) is 24.3. The summed E-state index contributed by atoms with van der Waals surface area (Å²) >= 11 is 1.83. The molecule has 1 aliphatic carbocycles. The highest BCUT2D eigenvalue weighted by Crippen LogP contribution is 2.48. The van der Waals surface area contributed by atoms with E-state index in [1.807, 2.05) is 23.7 Å². The lowest BCUT2D eigenvalue weighted by atomic mass is 9.80. The van der Waals surface area contributed by atoms with Crippen LogP contribution in [0.2, 0.25) is 0 Å². The summed E-state index contributed by atoms with van der Waals surface area (Å²) in [5.74, 6) is 0. The van der Waals surface area contributed by atoms with Crippen LogP contribution in [0.1, 0.15) is 0 Å². The predicted octanol–water partition coefficient (Wildman–Crippen LogP) is 11.8. The summed E-state index contributed by atoms with van der Waals surface area (Å²) in [6, 6.07) is 51.3. The van der Waals surface area contributed by atoms with Crippen LogP contribution in [0.3, 0.4) is 0 Å². The zero-order valence-corrected chi connectivity index (χ0v) is 24.1. The molecule has 0 fully saturated rings. The van der Waals surface area contributed by atoms with E-state index in [1.54, 1.807) is 0 Å². The molecule has 0 aliphatic heterocycles. The van der Waals surface area contributed by atoms with Gasteiger partial charge in [0.1, 0.15) is 0 Å². The Morgan fingerprint density at radius 1 is 0.349 bits per heavy atom. The molecule has 0 spiro atoms. The molecule has 0 saturated carbocycles. The Morgan fingerprint density at radius 2 is 0.791 bits per heavy atom. The first-order valence-electron chi connectivity index (χ1n) is 14.6. The topological polar surface area (TPSA) is 12.9 Å². The molecule has 0 atom stereocenters. The summed E-state index contributed by atoms with van der Waals surface area (Å²) < 4.78 is 2.58. The molecule has 6 aromatic carbocycles. The fraction of sp³-hybridized carbons (Fsp3) is 0. The summed E-state index contributed by atoms with van der Waals surface area (Å²) in [6.45, 7) is 0. The Labute approximate surface area is 254 Å². The van der Waals surface area contributed by atoms with Gasteiger partial charge in [0, 0.05) is 32.6 Å². The van der Waals surface area contributed by atoms with Crippen molar-refractivity contribution in [3.8, 4) is 66.8 Å². The SMILES string of the molecule is c1ccc2c(c1)-c1ccccc1-c1ccc(-c3ccc(-c4ccc5sc6ccncc6c5c4)cc3)cc1-c1ccccc1-2. The number of benzene rings is 6. The fourth-order valence-electron chi connectivity index (χ4n) is 6.70. The maximum atomic E-state index is 4.37. The molecule has 0 amide bonds. The summed E-state index contributed by atoms with van der Waals surface area (Å²) in [5, 5.41) is 2.50. The molecule has 9 rings (SSSR count). The van der Waals surface area contributed by atoms with Crippen molar-refractivity contribution in [3.05, 3.63) is 152 Å². The monoisotopic (exact) mass is 563 g/mol. The third-order valence-electron chi connectivity index (χ3n) is 8.78. The first-order chi connectivity index (χ1) is 21.3. The molecule has 0 radical (unpaired) electrons. The Kier molecular flexibility index (Phi) is 5.44. The molecule has 200 valence electrons. The largest absolute Gasteiger partial charge is 0.264 e. The zero-order chi connectivity index (χ0) is 28.3. The lowest BCUT2D eigenvalue weighted by Gasteiger charge is -2.23. The van der Waals surface area contributed by atoms with Crippen LogP contribution in [-0.2, 0) is 0 Å². The molecule has 2 aromatic heterocycles. The highest BCUT2D eigenvalue weighted by Gasteiger charge is 2.21. The third-order valence-corrected chi connectivity index (χ3v) is 9.94. The second-order valence-electron chi connectivity index (χ2n) is 11.2. The van der Waals surface area contributed by atoms with Gasteiger partial charge in [-0.3, -0.25) is 4.98 Å². The van der Waals surface area contributed by atoms with Crippen LogP contribution in [0.25, 0.3) is 86.9 Å². The van der Waals surface area contributed by atoms with E-state index < -0.39 is 0 Å². The Balaban J connectivity index is 1.17. The molecule has 0 saturated heterocycles. The van der Waals surface area contributed by atoms with Gasteiger partial charge in [0.05, 0.1) is 0 Å². The zero-order valence-electron chi connectivity index (χ0n) is 23.3. The van der Waals surface area contributed by atoms with Crippen LogP contribution in [0, 0.1) is 0 Å². The molecule has 0 unspecified atom stereocenters. The highest BCUT2D eigenvalue weighted by molar-refractivity contribution is 7.25. The van der Waals surface area contributed by atoms with Gasteiger partial charge >= 0.3 is 0 Å². The molecular weight excluding hydrogens is 539 g/mol. The first-order valence-corrected chi connectivity index (χ1v) is 15.4. The van der Waals surface area contributed by atoms with Gasteiger partial charge in [-0.2, -0.15) is 0 Å². The second kappa shape index (κ2) is 9.62. The van der Waals surface area contributed by atoms with Crippen LogP contribution in [0.15, 0.2) is 152 Å². The fourth-order valence-corrected chi connectivity index (χ4v) is 7.75. The number of nitrogens with zero attached hydrogens (tertiary/aromatic N) is 1. The van der Waals surface area contributed by atoms with Gasteiger partial charge in [-0.1, -0.05) is 115 Å².